The topological polar surface area (TPSA) is 111 Å². The number of nitrogens with two attached hydrogens (primary N) is 1. The molecule has 0 unspecified atom stereocenters. The van der Waals surface area contributed by atoms with Crippen LogP contribution < -0.4 is 10.5 Å². The van der Waals surface area contributed by atoms with Crippen molar-refractivity contribution in [2.45, 2.75) is 25.7 Å². The van der Waals surface area contributed by atoms with Crippen molar-refractivity contribution in [1.29, 1.82) is 0 Å². The van der Waals surface area contributed by atoms with Gasteiger partial charge < -0.3 is 5.73 Å². The molecular weight excluding hydrogens is 314 g/mol. The molecule has 0 saturated heterocycles. The van der Waals surface area contributed by atoms with E-state index in [2.05, 4.69) is 19.9 Å². The number of aromatic nitrogens is 3. The number of sulfonamides is 1. The van der Waals surface area contributed by atoms with Crippen molar-refractivity contribution in [3.8, 4) is 0 Å². The highest BCUT2D eigenvalue weighted by Gasteiger charge is 2.20. The summed E-state index contributed by atoms with van der Waals surface area (Å²) in [7, 11) is -3.87. The van der Waals surface area contributed by atoms with Crippen LogP contribution in [0.4, 0.5) is 11.6 Å². The summed E-state index contributed by atoms with van der Waals surface area (Å²) in [6.45, 7) is 5.07. The normalized spacial score (nSPS) is 11.4. The first kappa shape index (κ1) is 15.5. The molecule has 3 N–H and O–H groups in total. The zero-order valence-electron chi connectivity index (χ0n) is 11.7. The molecule has 0 radical (unpaired) electrons. The Morgan fingerprint density at radius 2 is 1.81 bits per heavy atom. The molecule has 0 bridgehead atoms. The van der Waals surface area contributed by atoms with Gasteiger partial charge in [0, 0.05) is 0 Å². The van der Waals surface area contributed by atoms with Gasteiger partial charge in [-0.3, -0.25) is 0 Å². The minimum Gasteiger partial charge on any atom is -0.397 e. The number of anilines is 2. The molecular formula is C12H14ClN5O2S. The summed E-state index contributed by atoms with van der Waals surface area (Å²) in [6, 6.07) is 2.79. The van der Waals surface area contributed by atoms with Crippen molar-refractivity contribution >= 4 is 33.3 Å². The Bertz CT molecular complexity index is 808. The second-order valence-corrected chi connectivity index (χ2v) is 6.61. The smallest absolute Gasteiger partial charge is 0.264 e. The third-order valence-corrected chi connectivity index (χ3v) is 4.70. The first-order valence-corrected chi connectivity index (χ1v) is 7.83. The van der Waals surface area contributed by atoms with Crippen molar-refractivity contribution in [2.24, 2.45) is 0 Å². The lowest BCUT2D eigenvalue weighted by molar-refractivity contribution is 0.600. The van der Waals surface area contributed by atoms with Gasteiger partial charge in [0.15, 0.2) is 0 Å². The van der Waals surface area contributed by atoms with Gasteiger partial charge in [0.1, 0.15) is 0 Å². The molecule has 0 atom stereocenters. The van der Waals surface area contributed by atoms with Crippen LogP contribution in [0.25, 0.3) is 0 Å². The Morgan fingerprint density at radius 3 is 2.43 bits per heavy atom. The molecule has 9 heteroatoms. The number of nitrogen functional groups attached to an aromatic ring is 1. The van der Waals surface area contributed by atoms with Crippen LogP contribution in [0.3, 0.4) is 0 Å². The first-order valence-electron chi connectivity index (χ1n) is 5.97. The molecule has 1 aromatic heterocycles. The van der Waals surface area contributed by atoms with Crippen molar-refractivity contribution < 1.29 is 8.42 Å². The fourth-order valence-electron chi connectivity index (χ4n) is 1.63. The number of hydrogen-bond acceptors (Lipinski definition) is 6. The van der Waals surface area contributed by atoms with E-state index in [4.69, 9.17) is 17.3 Å². The van der Waals surface area contributed by atoms with E-state index in [1.807, 2.05) is 0 Å². The molecule has 0 aliphatic rings. The molecule has 2 rings (SSSR count). The molecule has 7 nitrogen and oxygen atoms in total. The van der Waals surface area contributed by atoms with Crippen LogP contribution in [-0.4, -0.2) is 23.6 Å². The molecule has 1 heterocycles. The number of nitrogens with zero attached hydrogens (tertiary/aromatic N) is 3. The lowest BCUT2D eigenvalue weighted by Gasteiger charge is -2.11. The molecule has 112 valence electrons. The number of benzene rings is 1. The minimum absolute atomic E-state index is 0.0197. The van der Waals surface area contributed by atoms with Crippen LogP contribution in [0.2, 0.25) is 5.02 Å². The van der Waals surface area contributed by atoms with Crippen molar-refractivity contribution in [2.75, 3.05) is 10.5 Å². The van der Waals surface area contributed by atoms with Crippen LogP contribution in [0.15, 0.2) is 17.0 Å². The predicted octanol–water partition coefficient (Wildman–Crippen LogP) is 1.83. The van der Waals surface area contributed by atoms with Gasteiger partial charge in [-0.25, -0.2) is 18.1 Å². The molecule has 0 aliphatic carbocycles. The number of halogens is 1. The summed E-state index contributed by atoms with van der Waals surface area (Å²) in [5.41, 5.74) is 7.53. The second kappa shape index (κ2) is 5.45. The van der Waals surface area contributed by atoms with Crippen LogP contribution in [0.5, 0.6) is 0 Å². The van der Waals surface area contributed by atoms with Gasteiger partial charge in [-0.15, -0.1) is 5.10 Å². The van der Waals surface area contributed by atoms with E-state index in [1.54, 1.807) is 20.8 Å². The highest BCUT2D eigenvalue weighted by Crippen LogP contribution is 2.27. The van der Waals surface area contributed by atoms with Gasteiger partial charge in [-0.2, -0.15) is 5.10 Å². The zero-order valence-corrected chi connectivity index (χ0v) is 13.2. The number of aryl methyl sites for hydroxylation is 3. The summed E-state index contributed by atoms with van der Waals surface area (Å²) in [4.78, 5) is 4.05. The molecule has 0 fully saturated rings. The van der Waals surface area contributed by atoms with Crippen LogP contribution >= 0.6 is 11.6 Å². The third kappa shape index (κ3) is 3.22. The molecule has 2 aromatic rings. The molecule has 1 aromatic carbocycles. The third-order valence-electron chi connectivity index (χ3n) is 2.90. The van der Waals surface area contributed by atoms with E-state index >= 15 is 0 Å². The molecule has 21 heavy (non-hydrogen) atoms. The Balaban J connectivity index is 2.43. The summed E-state index contributed by atoms with van der Waals surface area (Å²) in [6.07, 6.45) is 0. The Hall–Kier alpha value is -1.93. The van der Waals surface area contributed by atoms with E-state index in [0.717, 1.165) is 0 Å². The van der Waals surface area contributed by atoms with Crippen molar-refractivity contribution in [1.82, 2.24) is 15.2 Å². The maximum atomic E-state index is 12.4. The van der Waals surface area contributed by atoms with Gasteiger partial charge in [0.05, 0.1) is 27.0 Å². The standard InChI is InChI=1S/C12H14ClN5O2S/c1-6-4-9(13)10(14)5-11(6)21(19,20)18-12-15-7(2)8(3)16-17-12/h4-5H,14H2,1-3H3,(H,15,17,18). The Kier molecular flexibility index (Phi) is 4.02. The maximum Gasteiger partial charge on any atom is 0.264 e. The summed E-state index contributed by atoms with van der Waals surface area (Å²) >= 11 is 5.86. The van der Waals surface area contributed by atoms with E-state index < -0.39 is 10.0 Å². The monoisotopic (exact) mass is 327 g/mol. The van der Waals surface area contributed by atoms with Gasteiger partial charge in [-0.1, -0.05) is 11.6 Å². The average molecular weight is 328 g/mol. The lowest BCUT2D eigenvalue weighted by atomic mass is 10.2. The number of nitrogens with one attached hydrogen (secondary N) is 1. The summed E-state index contributed by atoms with van der Waals surface area (Å²) in [5, 5.41) is 7.84. The van der Waals surface area contributed by atoms with Crippen molar-refractivity contribution in [3.63, 3.8) is 0 Å². The summed E-state index contributed by atoms with van der Waals surface area (Å²) < 4.78 is 27.0. The molecule has 0 spiro atoms. The van der Waals surface area contributed by atoms with Gasteiger partial charge >= 0.3 is 0 Å². The Labute approximate surface area is 127 Å². The minimum atomic E-state index is -3.87. The fourth-order valence-corrected chi connectivity index (χ4v) is 3.05. The first-order chi connectivity index (χ1) is 9.70. The lowest BCUT2D eigenvalue weighted by Crippen LogP contribution is -2.17. The largest absolute Gasteiger partial charge is 0.397 e. The Morgan fingerprint density at radius 1 is 1.14 bits per heavy atom. The van der Waals surface area contributed by atoms with Crippen LogP contribution in [0.1, 0.15) is 17.0 Å². The van der Waals surface area contributed by atoms with E-state index in [-0.39, 0.29) is 16.5 Å². The highest BCUT2D eigenvalue weighted by atomic mass is 35.5. The van der Waals surface area contributed by atoms with Gasteiger partial charge in [0.2, 0.25) is 0 Å². The molecule has 0 amide bonds. The predicted molar refractivity (Wildman–Crippen MR) is 80.7 cm³/mol. The van der Waals surface area contributed by atoms with Crippen LogP contribution in [-0.2, 0) is 10.0 Å². The van der Waals surface area contributed by atoms with Gasteiger partial charge in [-0.05, 0) is 38.5 Å². The van der Waals surface area contributed by atoms with E-state index in [0.29, 0.717) is 22.0 Å². The number of hydrogen-bond donors (Lipinski definition) is 2. The zero-order chi connectivity index (χ0) is 15.8. The number of rotatable bonds is 3. The SMILES string of the molecule is Cc1cc(Cl)c(N)cc1S(=O)(=O)Nc1nnc(C)c(C)n1. The van der Waals surface area contributed by atoms with E-state index in [9.17, 15) is 8.42 Å². The molecule has 0 saturated carbocycles. The summed E-state index contributed by atoms with van der Waals surface area (Å²) in [5.74, 6) is -0.0916. The highest BCUT2D eigenvalue weighted by molar-refractivity contribution is 7.92. The fraction of sp³-hybridized carbons (Fsp3) is 0.250. The average Bonchev–Trinajstić information content (AvgIpc) is 2.37. The second-order valence-electron chi connectivity index (χ2n) is 4.55. The van der Waals surface area contributed by atoms with E-state index in [1.165, 1.54) is 12.1 Å². The quantitative estimate of drug-likeness (QED) is 0.832. The molecule has 0 aliphatic heterocycles. The van der Waals surface area contributed by atoms with Crippen molar-refractivity contribution in [3.05, 3.63) is 34.1 Å². The maximum absolute atomic E-state index is 12.4. The van der Waals surface area contributed by atoms with Gasteiger partial charge in [0.25, 0.3) is 16.0 Å². The van der Waals surface area contributed by atoms with Crippen LogP contribution in [0, 0.1) is 20.8 Å².